The number of hydrazone groups is 1. The van der Waals surface area contributed by atoms with Crippen molar-refractivity contribution in [2.75, 3.05) is 0 Å². The minimum Gasteiger partial charge on any atom is -0.344 e. The molecule has 24 heavy (non-hydrogen) atoms. The van der Waals surface area contributed by atoms with Crippen molar-refractivity contribution in [3.05, 3.63) is 65.5 Å². The number of carbonyl (C=O) groups is 2. The third-order valence-electron chi connectivity index (χ3n) is 3.39. The predicted octanol–water partition coefficient (Wildman–Crippen LogP) is 1.97. The Morgan fingerprint density at radius 1 is 1.08 bits per heavy atom. The molecule has 124 valence electrons. The first-order valence-corrected chi connectivity index (χ1v) is 7.66. The van der Waals surface area contributed by atoms with Crippen LogP contribution in [0.4, 0.5) is 0 Å². The average molecular weight is 324 g/mol. The standard InChI is InChI=1S/C18H20N4O2/c1-13(2)16-5-3-14(4-6-16)12-21-22-18(24)17(23)20-11-15-7-9-19-10-8-15/h3-10,12-13H,11H2,1-2H3,(H,20,23)(H,22,24)/b21-12+. The Kier molecular flexibility index (Phi) is 6.19. The molecule has 2 rings (SSSR count). The average Bonchev–Trinajstić information content (AvgIpc) is 2.61. The van der Waals surface area contributed by atoms with Crippen LogP contribution in [0.2, 0.25) is 0 Å². The molecule has 6 nitrogen and oxygen atoms in total. The topological polar surface area (TPSA) is 83.5 Å². The summed E-state index contributed by atoms with van der Waals surface area (Å²) >= 11 is 0. The molecule has 0 aliphatic heterocycles. The molecule has 0 saturated heterocycles. The second-order valence-corrected chi connectivity index (χ2v) is 5.56. The van der Waals surface area contributed by atoms with Crippen molar-refractivity contribution in [2.24, 2.45) is 5.10 Å². The van der Waals surface area contributed by atoms with Crippen LogP contribution in [0, 0.1) is 0 Å². The van der Waals surface area contributed by atoms with Crippen LogP contribution in [0.15, 0.2) is 53.9 Å². The Balaban J connectivity index is 1.80. The van der Waals surface area contributed by atoms with Gasteiger partial charge in [-0.3, -0.25) is 14.6 Å². The van der Waals surface area contributed by atoms with Crippen molar-refractivity contribution in [2.45, 2.75) is 26.3 Å². The predicted molar refractivity (Wildman–Crippen MR) is 92.4 cm³/mol. The summed E-state index contributed by atoms with van der Waals surface area (Å²) in [7, 11) is 0. The van der Waals surface area contributed by atoms with Crippen LogP contribution in [0.1, 0.15) is 36.5 Å². The molecule has 0 bridgehead atoms. The van der Waals surface area contributed by atoms with E-state index in [1.54, 1.807) is 24.5 Å². The first-order valence-electron chi connectivity index (χ1n) is 7.66. The number of nitrogens with one attached hydrogen (secondary N) is 2. The summed E-state index contributed by atoms with van der Waals surface area (Å²) < 4.78 is 0. The fourth-order valence-electron chi connectivity index (χ4n) is 1.95. The molecule has 1 heterocycles. The van der Waals surface area contributed by atoms with E-state index in [1.165, 1.54) is 11.8 Å². The van der Waals surface area contributed by atoms with Crippen LogP contribution in [0.5, 0.6) is 0 Å². The zero-order chi connectivity index (χ0) is 17.4. The van der Waals surface area contributed by atoms with Gasteiger partial charge in [-0.25, -0.2) is 5.43 Å². The molecule has 0 radical (unpaired) electrons. The lowest BCUT2D eigenvalue weighted by Crippen LogP contribution is -2.37. The Bertz CT molecular complexity index is 710. The summed E-state index contributed by atoms with van der Waals surface area (Å²) in [6.45, 7) is 4.50. The van der Waals surface area contributed by atoms with Gasteiger partial charge in [0, 0.05) is 18.9 Å². The molecule has 2 amide bonds. The van der Waals surface area contributed by atoms with Gasteiger partial charge in [-0.15, -0.1) is 0 Å². The minimum absolute atomic E-state index is 0.259. The van der Waals surface area contributed by atoms with Gasteiger partial charge in [0.1, 0.15) is 0 Å². The lowest BCUT2D eigenvalue weighted by Gasteiger charge is -2.05. The minimum atomic E-state index is -0.806. The van der Waals surface area contributed by atoms with E-state index in [-0.39, 0.29) is 6.54 Å². The summed E-state index contributed by atoms with van der Waals surface area (Å²) in [5, 5.41) is 6.31. The lowest BCUT2D eigenvalue weighted by molar-refractivity contribution is -0.139. The quantitative estimate of drug-likeness (QED) is 0.501. The number of benzene rings is 1. The van der Waals surface area contributed by atoms with Crippen molar-refractivity contribution in [1.82, 2.24) is 15.7 Å². The first-order chi connectivity index (χ1) is 11.6. The molecular weight excluding hydrogens is 304 g/mol. The number of hydrogen-bond donors (Lipinski definition) is 2. The molecule has 0 saturated carbocycles. The van der Waals surface area contributed by atoms with Gasteiger partial charge in [-0.1, -0.05) is 38.1 Å². The summed E-state index contributed by atoms with van der Waals surface area (Å²) in [5.41, 5.74) is 5.14. The molecule has 0 fully saturated rings. The van der Waals surface area contributed by atoms with E-state index >= 15 is 0 Å². The van der Waals surface area contributed by atoms with E-state index in [4.69, 9.17) is 0 Å². The highest BCUT2D eigenvalue weighted by Crippen LogP contribution is 2.13. The molecule has 2 aromatic rings. The summed E-state index contributed by atoms with van der Waals surface area (Å²) in [5.74, 6) is -1.09. The summed E-state index contributed by atoms with van der Waals surface area (Å²) in [6, 6.07) is 11.4. The largest absolute Gasteiger partial charge is 0.344 e. The number of pyridine rings is 1. The fraction of sp³-hybridized carbons (Fsp3) is 0.222. The monoisotopic (exact) mass is 324 g/mol. The third kappa shape index (κ3) is 5.31. The number of amides is 2. The van der Waals surface area contributed by atoms with Crippen LogP contribution in [-0.4, -0.2) is 23.0 Å². The molecule has 1 aromatic heterocycles. The zero-order valence-electron chi connectivity index (χ0n) is 13.7. The van der Waals surface area contributed by atoms with E-state index in [9.17, 15) is 9.59 Å². The highest BCUT2D eigenvalue weighted by Gasteiger charge is 2.11. The molecule has 0 spiro atoms. The van der Waals surface area contributed by atoms with Crippen molar-refractivity contribution >= 4 is 18.0 Å². The maximum absolute atomic E-state index is 11.7. The SMILES string of the molecule is CC(C)c1ccc(/C=N/NC(=O)C(=O)NCc2ccncc2)cc1. The molecule has 0 atom stereocenters. The first kappa shape index (κ1) is 17.3. The molecule has 2 N–H and O–H groups in total. The van der Waals surface area contributed by atoms with Crippen LogP contribution in [-0.2, 0) is 16.1 Å². The Hall–Kier alpha value is -3.02. The summed E-state index contributed by atoms with van der Waals surface area (Å²) in [4.78, 5) is 27.2. The smallest absolute Gasteiger partial charge is 0.329 e. The van der Waals surface area contributed by atoms with Gasteiger partial charge >= 0.3 is 11.8 Å². The molecular formula is C18H20N4O2. The van der Waals surface area contributed by atoms with Crippen LogP contribution in [0.25, 0.3) is 0 Å². The Morgan fingerprint density at radius 2 is 1.75 bits per heavy atom. The van der Waals surface area contributed by atoms with E-state index in [1.807, 2.05) is 24.3 Å². The van der Waals surface area contributed by atoms with Crippen LogP contribution >= 0.6 is 0 Å². The van der Waals surface area contributed by atoms with Gasteiger partial charge in [0.25, 0.3) is 0 Å². The molecule has 1 aromatic carbocycles. The van der Waals surface area contributed by atoms with Crippen molar-refractivity contribution in [1.29, 1.82) is 0 Å². The summed E-state index contributed by atoms with van der Waals surface area (Å²) in [6.07, 6.45) is 4.74. The highest BCUT2D eigenvalue weighted by molar-refractivity contribution is 6.35. The molecule has 0 aliphatic carbocycles. The van der Waals surface area contributed by atoms with Crippen LogP contribution in [0.3, 0.4) is 0 Å². The fourth-order valence-corrected chi connectivity index (χ4v) is 1.95. The number of aromatic nitrogens is 1. The van der Waals surface area contributed by atoms with E-state index < -0.39 is 11.8 Å². The maximum Gasteiger partial charge on any atom is 0.329 e. The van der Waals surface area contributed by atoms with Gasteiger partial charge in [0.05, 0.1) is 6.21 Å². The second-order valence-electron chi connectivity index (χ2n) is 5.56. The van der Waals surface area contributed by atoms with Crippen molar-refractivity contribution in [3.63, 3.8) is 0 Å². The second kappa shape index (κ2) is 8.57. The third-order valence-corrected chi connectivity index (χ3v) is 3.39. The highest BCUT2D eigenvalue weighted by atomic mass is 16.2. The molecule has 6 heteroatoms. The Labute approximate surface area is 141 Å². The number of rotatable bonds is 5. The maximum atomic E-state index is 11.7. The van der Waals surface area contributed by atoms with Crippen LogP contribution < -0.4 is 10.7 Å². The number of hydrogen-bond acceptors (Lipinski definition) is 4. The molecule has 0 unspecified atom stereocenters. The van der Waals surface area contributed by atoms with Gasteiger partial charge < -0.3 is 5.32 Å². The van der Waals surface area contributed by atoms with Gasteiger partial charge in [-0.05, 0) is 34.7 Å². The molecule has 0 aliphatic rings. The van der Waals surface area contributed by atoms with E-state index in [0.29, 0.717) is 5.92 Å². The zero-order valence-corrected chi connectivity index (χ0v) is 13.7. The van der Waals surface area contributed by atoms with Gasteiger partial charge in [0.15, 0.2) is 0 Å². The van der Waals surface area contributed by atoms with Crippen molar-refractivity contribution in [3.8, 4) is 0 Å². The van der Waals surface area contributed by atoms with Gasteiger partial charge in [-0.2, -0.15) is 5.10 Å². The normalized spacial score (nSPS) is 10.8. The van der Waals surface area contributed by atoms with Gasteiger partial charge in [0.2, 0.25) is 0 Å². The van der Waals surface area contributed by atoms with Crippen molar-refractivity contribution < 1.29 is 9.59 Å². The van der Waals surface area contributed by atoms with E-state index in [0.717, 1.165) is 11.1 Å². The lowest BCUT2D eigenvalue weighted by atomic mass is 10.0. The van der Waals surface area contributed by atoms with E-state index in [2.05, 4.69) is 34.7 Å². The number of carbonyl (C=O) groups excluding carboxylic acids is 2. The number of nitrogens with zero attached hydrogens (tertiary/aromatic N) is 2. The Morgan fingerprint density at radius 3 is 2.38 bits per heavy atom.